The highest BCUT2D eigenvalue weighted by atomic mass is 79.9. The molecule has 0 aliphatic carbocycles. The highest BCUT2D eigenvalue weighted by Crippen LogP contribution is 2.31. The summed E-state index contributed by atoms with van der Waals surface area (Å²) in [5, 5.41) is 15.0. The Balaban J connectivity index is 1.52. The van der Waals surface area contributed by atoms with Crippen LogP contribution in [-0.4, -0.2) is 15.8 Å². The van der Waals surface area contributed by atoms with Gasteiger partial charge in [0.25, 0.3) is 11.6 Å². The van der Waals surface area contributed by atoms with Gasteiger partial charge in [-0.3, -0.25) is 14.9 Å². The van der Waals surface area contributed by atoms with Crippen molar-refractivity contribution in [1.82, 2.24) is 4.98 Å². The Morgan fingerprint density at radius 2 is 1.58 bits per heavy atom. The standard InChI is InChI=1S/C28H18BrN3O4/c29-19-10-12-22(13-11-19)36-23-15-20(14-21(16-23)32(34)35)30-28(33)25-17-27(18-6-2-1-3-7-18)31-26-9-5-4-8-24(25)26/h1-17H,(H,30,33). The summed E-state index contributed by atoms with van der Waals surface area (Å²) in [6, 6.07) is 29.9. The van der Waals surface area contributed by atoms with Gasteiger partial charge in [-0.2, -0.15) is 0 Å². The van der Waals surface area contributed by atoms with E-state index in [2.05, 4.69) is 21.2 Å². The molecule has 1 aromatic heterocycles. The third-order valence-electron chi connectivity index (χ3n) is 5.44. The molecule has 0 aliphatic heterocycles. The molecule has 0 aliphatic rings. The third kappa shape index (κ3) is 5.08. The molecule has 1 amide bonds. The number of carbonyl (C=O) groups excluding carboxylic acids is 1. The zero-order valence-electron chi connectivity index (χ0n) is 18.7. The summed E-state index contributed by atoms with van der Waals surface area (Å²) in [5.74, 6) is 0.316. The normalized spacial score (nSPS) is 10.7. The molecule has 0 fully saturated rings. The molecule has 1 N–H and O–H groups in total. The van der Waals surface area contributed by atoms with Crippen LogP contribution < -0.4 is 10.1 Å². The predicted molar refractivity (Wildman–Crippen MR) is 142 cm³/mol. The van der Waals surface area contributed by atoms with Crippen molar-refractivity contribution in [3.8, 4) is 22.8 Å². The number of benzene rings is 4. The van der Waals surface area contributed by atoms with Crippen molar-refractivity contribution in [2.24, 2.45) is 0 Å². The molecule has 0 unspecified atom stereocenters. The number of ether oxygens (including phenoxy) is 1. The summed E-state index contributed by atoms with van der Waals surface area (Å²) in [6.07, 6.45) is 0. The van der Waals surface area contributed by atoms with Crippen LogP contribution in [0.15, 0.2) is 108 Å². The van der Waals surface area contributed by atoms with Crippen LogP contribution in [0.1, 0.15) is 10.4 Å². The molecule has 4 aromatic carbocycles. The molecule has 0 atom stereocenters. The fourth-order valence-corrected chi connectivity index (χ4v) is 4.04. The maximum absolute atomic E-state index is 13.4. The van der Waals surface area contributed by atoms with E-state index in [0.29, 0.717) is 27.9 Å². The number of rotatable bonds is 6. The molecule has 1 heterocycles. The summed E-state index contributed by atoms with van der Waals surface area (Å²) >= 11 is 3.36. The maximum Gasteiger partial charge on any atom is 0.275 e. The molecule has 5 aromatic rings. The van der Waals surface area contributed by atoms with Crippen LogP contribution in [0, 0.1) is 10.1 Å². The Hall–Kier alpha value is -4.56. The number of amides is 1. The van der Waals surface area contributed by atoms with E-state index >= 15 is 0 Å². The molecule has 0 radical (unpaired) electrons. The number of hydrogen-bond donors (Lipinski definition) is 1. The molecule has 176 valence electrons. The number of carbonyl (C=O) groups is 1. The summed E-state index contributed by atoms with van der Waals surface area (Å²) in [5.41, 5.74) is 2.63. The number of nitrogens with one attached hydrogen (secondary N) is 1. The van der Waals surface area contributed by atoms with Crippen molar-refractivity contribution in [3.63, 3.8) is 0 Å². The highest BCUT2D eigenvalue weighted by Gasteiger charge is 2.17. The molecule has 5 rings (SSSR count). The topological polar surface area (TPSA) is 94.4 Å². The lowest BCUT2D eigenvalue weighted by Gasteiger charge is -2.12. The van der Waals surface area contributed by atoms with Gasteiger partial charge < -0.3 is 10.1 Å². The number of pyridine rings is 1. The average molecular weight is 540 g/mol. The van der Waals surface area contributed by atoms with Gasteiger partial charge >= 0.3 is 0 Å². The van der Waals surface area contributed by atoms with E-state index in [1.807, 2.05) is 54.6 Å². The summed E-state index contributed by atoms with van der Waals surface area (Å²) in [6.45, 7) is 0. The number of nitro benzene ring substituents is 1. The monoisotopic (exact) mass is 539 g/mol. The van der Waals surface area contributed by atoms with E-state index in [-0.39, 0.29) is 17.1 Å². The van der Waals surface area contributed by atoms with Crippen LogP contribution in [0.3, 0.4) is 0 Å². The Morgan fingerprint density at radius 1 is 0.861 bits per heavy atom. The van der Waals surface area contributed by atoms with Crippen molar-refractivity contribution in [3.05, 3.63) is 123 Å². The minimum absolute atomic E-state index is 0.204. The van der Waals surface area contributed by atoms with Crippen molar-refractivity contribution in [2.75, 3.05) is 5.32 Å². The van der Waals surface area contributed by atoms with Gasteiger partial charge in [0.15, 0.2) is 0 Å². The number of nitrogens with zero attached hydrogens (tertiary/aromatic N) is 2. The molecule has 0 spiro atoms. The van der Waals surface area contributed by atoms with E-state index in [1.54, 1.807) is 36.4 Å². The van der Waals surface area contributed by atoms with E-state index in [1.165, 1.54) is 12.1 Å². The molecule has 0 saturated carbocycles. The van der Waals surface area contributed by atoms with Crippen molar-refractivity contribution in [1.29, 1.82) is 0 Å². The first-order valence-electron chi connectivity index (χ1n) is 11.0. The summed E-state index contributed by atoms with van der Waals surface area (Å²) in [4.78, 5) is 29.2. The minimum Gasteiger partial charge on any atom is -0.457 e. The molecule has 0 saturated heterocycles. The smallest absolute Gasteiger partial charge is 0.275 e. The van der Waals surface area contributed by atoms with E-state index < -0.39 is 10.8 Å². The Labute approximate surface area is 214 Å². The first kappa shape index (κ1) is 23.2. The second-order valence-electron chi connectivity index (χ2n) is 7.92. The third-order valence-corrected chi connectivity index (χ3v) is 5.97. The number of nitro groups is 1. The van der Waals surface area contributed by atoms with Crippen LogP contribution >= 0.6 is 15.9 Å². The number of non-ortho nitro benzene ring substituents is 1. The summed E-state index contributed by atoms with van der Waals surface area (Å²) in [7, 11) is 0. The SMILES string of the molecule is O=C(Nc1cc(Oc2ccc(Br)cc2)cc([N+](=O)[O-])c1)c1cc(-c2ccccc2)nc2ccccc12. The Morgan fingerprint density at radius 3 is 2.33 bits per heavy atom. The molecular formula is C28H18BrN3O4. The lowest BCUT2D eigenvalue weighted by Crippen LogP contribution is -2.13. The van der Waals surface area contributed by atoms with E-state index in [9.17, 15) is 14.9 Å². The zero-order chi connectivity index (χ0) is 25.1. The fourth-order valence-electron chi connectivity index (χ4n) is 3.78. The van der Waals surface area contributed by atoms with Crippen molar-refractivity contribution >= 4 is 44.1 Å². The zero-order valence-corrected chi connectivity index (χ0v) is 20.3. The van der Waals surface area contributed by atoms with Crippen LogP contribution in [-0.2, 0) is 0 Å². The first-order chi connectivity index (χ1) is 17.5. The highest BCUT2D eigenvalue weighted by molar-refractivity contribution is 9.10. The lowest BCUT2D eigenvalue weighted by atomic mass is 10.0. The largest absolute Gasteiger partial charge is 0.457 e. The lowest BCUT2D eigenvalue weighted by molar-refractivity contribution is -0.384. The number of anilines is 1. The van der Waals surface area contributed by atoms with Crippen LogP contribution in [0.5, 0.6) is 11.5 Å². The molecule has 36 heavy (non-hydrogen) atoms. The number of hydrogen-bond acceptors (Lipinski definition) is 5. The van der Waals surface area contributed by atoms with E-state index in [4.69, 9.17) is 9.72 Å². The van der Waals surface area contributed by atoms with E-state index in [0.717, 1.165) is 10.0 Å². The average Bonchev–Trinajstić information content (AvgIpc) is 2.89. The van der Waals surface area contributed by atoms with Gasteiger partial charge in [-0.05, 0) is 36.4 Å². The van der Waals surface area contributed by atoms with Crippen molar-refractivity contribution in [2.45, 2.75) is 0 Å². The minimum atomic E-state index is -0.528. The second kappa shape index (κ2) is 9.97. The Bertz CT molecular complexity index is 1590. The fraction of sp³-hybridized carbons (Fsp3) is 0. The number of aromatic nitrogens is 1. The van der Waals surface area contributed by atoms with Crippen LogP contribution in [0.25, 0.3) is 22.2 Å². The van der Waals surface area contributed by atoms with Gasteiger partial charge in [0.2, 0.25) is 0 Å². The summed E-state index contributed by atoms with van der Waals surface area (Å²) < 4.78 is 6.69. The van der Waals surface area contributed by atoms with Gasteiger partial charge in [0.1, 0.15) is 11.5 Å². The first-order valence-corrected chi connectivity index (χ1v) is 11.7. The van der Waals surface area contributed by atoms with Gasteiger partial charge in [-0.1, -0.05) is 64.5 Å². The number of para-hydroxylation sites is 1. The quantitative estimate of drug-likeness (QED) is 0.177. The van der Waals surface area contributed by atoms with Gasteiger partial charge in [0.05, 0.1) is 33.5 Å². The number of halogens is 1. The predicted octanol–water partition coefficient (Wildman–Crippen LogP) is 7.62. The Kier molecular flexibility index (Phi) is 6.42. The molecule has 7 nitrogen and oxygen atoms in total. The van der Waals surface area contributed by atoms with Gasteiger partial charge in [-0.15, -0.1) is 0 Å². The molecular weight excluding hydrogens is 522 g/mol. The van der Waals surface area contributed by atoms with Crippen LogP contribution in [0.4, 0.5) is 11.4 Å². The second-order valence-corrected chi connectivity index (χ2v) is 8.84. The van der Waals surface area contributed by atoms with Gasteiger partial charge in [-0.25, -0.2) is 4.98 Å². The van der Waals surface area contributed by atoms with Crippen LogP contribution in [0.2, 0.25) is 0 Å². The molecule has 8 heteroatoms. The maximum atomic E-state index is 13.4. The van der Waals surface area contributed by atoms with Crippen molar-refractivity contribution < 1.29 is 14.5 Å². The molecule has 0 bridgehead atoms. The number of fused-ring (bicyclic) bond motifs is 1. The van der Waals surface area contributed by atoms with Gasteiger partial charge in [0, 0.05) is 27.6 Å².